The molecule has 28 heavy (non-hydrogen) atoms. The SMILES string of the molecule is Nc1nc2c(c(C(=O)NCc3noc(-c4c(F)cccc4F)n3)n1)CCCC2. The molecule has 1 aromatic carbocycles. The number of carbonyl (C=O) groups excluding carboxylic acids is 1. The number of hydrogen-bond acceptors (Lipinski definition) is 7. The lowest BCUT2D eigenvalue weighted by Gasteiger charge is -2.17. The standard InChI is InChI=1S/C18H16F2N6O2/c19-10-5-3-6-11(20)14(10)17-24-13(26-28-17)8-22-16(27)15-9-4-1-2-7-12(9)23-18(21)25-15/h3,5-6H,1-2,4,7-8H2,(H,22,27)(H2,21,23,25). The minimum absolute atomic E-state index is 0.0441. The smallest absolute Gasteiger partial charge is 0.270 e. The van der Waals surface area contributed by atoms with Gasteiger partial charge in [-0.2, -0.15) is 4.98 Å². The number of aryl methyl sites for hydroxylation is 1. The Hall–Kier alpha value is -3.43. The fourth-order valence-corrected chi connectivity index (χ4v) is 3.17. The minimum atomic E-state index is -0.817. The van der Waals surface area contributed by atoms with Crippen LogP contribution in [0.4, 0.5) is 14.7 Å². The predicted molar refractivity (Wildman–Crippen MR) is 93.9 cm³/mol. The Bertz CT molecular complexity index is 1030. The van der Waals surface area contributed by atoms with Gasteiger partial charge in [-0.25, -0.2) is 18.7 Å². The molecule has 1 amide bonds. The number of anilines is 1. The molecule has 4 rings (SSSR count). The van der Waals surface area contributed by atoms with E-state index in [0.717, 1.165) is 42.7 Å². The first-order chi connectivity index (χ1) is 13.5. The van der Waals surface area contributed by atoms with Crippen LogP contribution in [0.15, 0.2) is 22.7 Å². The number of aromatic nitrogens is 4. The molecule has 0 saturated heterocycles. The topological polar surface area (TPSA) is 120 Å². The van der Waals surface area contributed by atoms with E-state index in [1.165, 1.54) is 6.07 Å². The highest BCUT2D eigenvalue weighted by Gasteiger charge is 2.22. The van der Waals surface area contributed by atoms with Crippen LogP contribution in [0.3, 0.4) is 0 Å². The average Bonchev–Trinajstić information content (AvgIpc) is 3.14. The highest BCUT2D eigenvalue weighted by molar-refractivity contribution is 5.94. The zero-order valence-electron chi connectivity index (χ0n) is 14.7. The Labute approximate surface area is 158 Å². The first-order valence-corrected chi connectivity index (χ1v) is 8.73. The number of halogens is 2. The largest absolute Gasteiger partial charge is 0.368 e. The van der Waals surface area contributed by atoms with Crippen LogP contribution < -0.4 is 11.1 Å². The first-order valence-electron chi connectivity index (χ1n) is 8.73. The lowest BCUT2D eigenvalue weighted by molar-refractivity contribution is 0.0943. The monoisotopic (exact) mass is 386 g/mol. The third-order valence-electron chi connectivity index (χ3n) is 4.47. The number of nitrogens with zero attached hydrogens (tertiary/aromatic N) is 4. The van der Waals surface area contributed by atoms with Crippen LogP contribution >= 0.6 is 0 Å². The molecule has 0 radical (unpaired) electrons. The van der Waals surface area contributed by atoms with Crippen molar-refractivity contribution in [1.29, 1.82) is 0 Å². The van der Waals surface area contributed by atoms with Gasteiger partial charge in [0.15, 0.2) is 5.82 Å². The van der Waals surface area contributed by atoms with E-state index >= 15 is 0 Å². The van der Waals surface area contributed by atoms with Crippen LogP contribution in [0, 0.1) is 11.6 Å². The van der Waals surface area contributed by atoms with E-state index in [9.17, 15) is 13.6 Å². The minimum Gasteiger partial charge on any atom is -0.368 e. The summed E-state index contributed by atoms with van der Waals surface area (Å²) in [5.74, 6) is -2.27. The number of rotatable bonds is 4. The van der Waals surface area contributed by atoms with Crippen molar-refractivity contribution in [3.8, 4) is 11.5 Å². The van der Waals surface area contributed by atoms with Gasteiger partial charge in [0.25, 0.3) is 11.8 Å². The van der Waals surface area contributed by atoms with Crippen LogP contribution in [0.2, 0.25) is 0 Å². The van der Waals surface area contributed by atoms with Gasteiger partial charge in [-0.3, -0.25) is 4.79 Å². The summed E-state index contributed by atoms with van der Waals surface area (Å²) in [4.78, 5) is 24.8. The van der Waals surface area contributed by atoms with Gasteiger partial charge in [-0.15, -0.1) is 0 Å². The molecule has 144 valence electrons. The highest BCUT2D eigenvalue weighted by Crippen LogP contribution is 2.25. The molecule has 0 spiro atoms. The molecule has 2 aromatic heterocycles. The van der Waals surface area contributed by atoms with Crippen molar-refractivity contribution in [3.63, 3.8) is 0 Å². The molecule has 2 heterocycles. The van der Waals surface area contributed by atoms with Crippen molar-refractivity contribution in [2.24, 2.45) is 0 Å². The Balaban J connectivity index is 1.51. The van der Waals surface area contributed by atoms with Crippen molar-refractivity contribution < 1.29 is 18.1 Å². The number of fused-ring (bicyclic) bond motifs is 1. The molecule has 0 unspecified atom stereocenters. The van der Waals surface area contributed by atoms with Crippen molar-refractivity contribution >= 4 is 11.9 Å². The van der Waals surface area contributed by atoms with E-state index in [4.69, 9.17) is 10.3 Å². The number of nitrogens with one attached hydrogen (secondary N) is 1. The molecule has 0 aliphatic heterocycles. The number of amides is 1. The van der Waals surface area contributed by atoms with E-state index in [2.05, 4.69) is 25.4 Å². The van der Waals surface area contributed by atoms with Crippen LogP contribution in [0.25, 0.3) is 11.5 Å². The highest BCUT2D eigenvalue weighted by atomic mass is 19.1. The summed E-state index contributed by atoms with van der Waals surface area (Å²) in [5.41, 5.74) is 7.11. The molecule has 0 saturated carbocycles. The molecular weight excluding hydrogens is 370 g/mol. The van der Waals surface area contributed by atoms with Crippen molar-refractivity contribution in [2.75, 3.05) is 5.73 Å². The number of carbonyl (C=O) groups is 1. The van der Waals surface area contributed by atoms with E-state index in [-0.39, 0.29) is 29.9 Å². The fraction of sp³-hybridized carbons (Fsp3) is 0.278. The van der Waals surface area contributed by atoms with Gasteiger partial charge < -0.3 is 15.6 Å². The first kappa shape index (κ1) is 18.0. The Morgan fingerprint density at radius 2 is 1.89 bits per heavy atom. The molecule has 3 aromatic rings. The summed E-state index contributed by atoms with van der Waals surface area (Å²) in [6, 6.07) is 3.42. The predicted octanol–water partition coefficient (Wildman–Crippen LogP) is 2.20. The van der Waals surface area contributed by atoms with Crippen LogP contribution in [0.1, 0.15) is 40.4 Å². The zero-order valence-corrected chi connectivity index (χ0v) is 14.7. The summed E-state index contributed by atoms with van der Waals surface area (Å²) in [6.07, 6.45) is 3.40. The molecule has 3 N–H and O–H groups in total. The summed E-state index contributed by atoms with van der Waals surface area (Å²) < 4.78 is 32.6. The van der Waals surface area contributed by atoms with Crippen molar-refractivity contribution in [3.05, 3.63) is 52.6 Å². The van der Waals surface area contributed by atoms with Crippen molar-refractivity contribution in [2.45, 2.75) is 32.2 Å². The Morgan fingerprint density at radius 3 is 2.68 bits per heavy atom. The lowest BCUT2D eigenvalue weighted by Crippen LogP contribution is -2.28. The van der Waals surface area contributed by atoms with E-state index in [0.29, 0.717) is 6.42 Å². The van der Waals surface area contributed by atoms with Crippen LogP contribution in [-0.2, 0) is 19.4 Å². The van der Waals surface area contributed by atoms with Gasteiger partial charge in [0.1, 0.15) is 22.9 Å². The Morgan fingerprint density at radius 1 is 1.14 bits per heavy atom. The quantitative estimate of drug-likeness (QED) is 0.705. The fourth-order valence-electron chi connectivity index (χ4n) is 3.17. The number of hydrogen-bond donors (Lipinski definition) is 2. The molecule has 1 aliphatic carbocycles. The number of benzene rings is 1. The van der Waals surface area contributed by atoms with Gasteiger partial charge >= 0.3 is 0 Å². The second-order valence-corrected chi connectivity index (χ2v) is 6.36. The average molecular weight is 386 g/mol. The molecular formula is C18H16F2N6O2. The summed E-state index contributed by atoms with van der Waals surface area (Å²) >= 11 is 0. The van der Waals surface area contributed by atoms with Crippen LogP contribution in [0.5, 0.6) is 0 Å². The van der Waals surface area contributed by atoms with E-state index in [1.807, 2.05) is 0 Å². The molecule has 10 heteroatoms. The summed E-state index contributed by atoms with van der Waals surface area (Å²) in [5, 5.41) is 6.28. The molecule has 8 nitrogen and oxygen atoms in total. The third kappa shape index (κ3) is 3.40. The molecule has 0 fully saturated rings. The van der Waals surface area contributed by atoms with Gasteiger partial charge in [0.05, 0.1) is 6.54 Å². The second kappa shape index (κ2) is 7.29. The van der Waals surface area contributed by atoms with Gasteiger partial charge in [0.2, 0.25) is 5.95 Å². The number of nitrogens with two attached hydrogens (primary N) is 1. The van der Waals surface area contributed by atoms with Crippen molar-refractivity contribution in [1.82, 2.24) is 25.4 Å². The lowest BCUT2D eigenvalue weighted by atomic mass is 9.94. The van der Waals surface area contributed by atoms with E-state index < -0.39 is 23.1 Å². The molecule has 1 aliphatic rings. The van der Waals surface area contributed by atoms with Gasteiger partial charge in [-0.05, 0) is 37.8 Å². The van der Waals surface area contributed by atoms with E-state index in [1.54, 1.807) is 0 Å². The second-order valence-electron chi connectivity index (χ2n) is 6.36. The molecule has 0 bridgehead atoms. The molecule has 0 atom stereocenters. The number of nitrogen functional groups attached to an aromatic ring is 1. The maximum Gasteiger partial charge on any atom is 0.270 e. The summed E-state index contributed by atoms with van der Waals surface area (Å²) in [7, 11) is 0. The van der Waals surface area contributed by atoms with Gasteiger partial charge in [0, 0.05) is 11.3 Å². The zero-order chi connectivity index (χ0) is 19.7. The third-order valence-corrected chi connectivity index (χ3v) is 4.47. The summed E-state index contributed by atoms with van der Waals surface area (Å²) in [6.45, 7) is -0.100. The normalized spacial score (nSPS) is 13.2. The van der Waals surface area contributed by atoms with Gasteiger partial charge in [-0.1, -0.05) is 11.2 Å². The Kier molecular flexibility index (Phi) is 4.68. The maximum atomic E-state index is 13.8. The maximum absolute atomic E-state index is 13.8. The van der Waals surface area contributed by atoms with Crippen LogP contribution in [-0.4, -0.2) is 26.0 Å².